The first-order chi connectivity index (χ1) is 21.0. The molecule has 0 radical (unpaired) electrons. The summed E-state index contributed by atoms with van der Waals surface area (Å²) in [5, 5.41) is 12.6. The topological polar surface area (TPSA) is 160 Å². The van der Waals surface area contributed by atoms with Crippen molar-refractivity contribution in [3.8, 4) is 33.6 Å². The molecule has 0 spiro atoms. The van der Waals surface area contributed by atoms with Gasteiger partial charge in [-0.05, 0) is 35.2 Å². The Kier molecular flexibility index (Phi) is 10.5. The number of benzene rings is 1. The molecule has 14 heteroatoms. The molecule has 1 aliphatic heterocycles. The standard InChI is InChI=1S/C30H27ClN2O10S/c1-15(34)38-14-24-26(39-16(2)35)27(40-17(3)36)28(41-18(4)37)30(42-24)43-29-22(13-32)21(19-7-9-20(31)10-8-19)12-23(33-29)25-6-5-11-44-25/h5-12,24,26-28,30H,14H2,1-4H3/t24-,26+,27+,28-,30+/m1/s1. The number of thiophene rings is 1. The largest absolute Gasteiger partial charge is 0.463 e. The van der Waals surface area contributed by atoms with E-state index in [4.69, 9.17) is 40.0 Å². The van der Waals surface area contributed by atoms with E-state index >= 15 is 0 Å². The van der Waals surface area contributed by atoms with Crippen LogP contribution in [-0.4, -0.2) is 66.2 Å². The van der Waals surface area contributed by atoms with Gasteiger partial charge in [0.1, 0.15) is 24.3 Å². The first-order valence-electron chi connectivity index (χ1n) is 13.2. The molecule has 44 heavy (non-hydrogen) atoms. The lowest BCUT2D eigenvalue weighted by Crippen LogP contribution is -2.63. The maximum atomic E-state index is 12.2. The molecule has 0 amide bonds. The summed E-state index contributed by atoms with van der Waals surface area (Å²) < 4.78 is 33.7. The first-order valence-corrected chi connectivity index (χ1v) is 14.4. The number of carbonyl (C=O) groups is 4. The third-order valence-corrected chi connectivity index (χ3v) is 7.35. The fourth-order valence-electron chi connectivity index (χ4n) is 4.52. The van der Waals surface area contributed by atoms with Gasteiger partial charge in [-0.3, -0.25) is 19.2 Å². The quantitative estimate of drug-likeness (QED) is 0.238. The Hall–Kier alpha value is -4.51. The van der Waals surface area contributed by atoms with Crippen molar-refractivity contribution in [2.75, 3.05) is 6.61 Å². The molecule has 12 nitrogen and oxygen atoms in total. The van der Waals surface area contributed by atoms with Crippen LogP contribution in [0.25, 0.3) is 21.7 Å². The van der Waals surface area contributed by atoms with Gasteiger partial charge >= 0.3 is 23.9 Å². The van der Waals surface area contributed by atoms with Crippen molar-refractivity contribution in [3.05, 3.63) is 58.4 Å². The molecular weight excluding hydrogens is 616 g/mol. The molecule has 5 atom stereocenters. The van der Waals surface area contributed by atoms with Gasteiger partial charge in [0.15, 0.2) is 12.2 Å². The Morgan fingerprint density at radius 2 is 1.57 bits per heavy atom. The number of hydrogen-bond donors (Lipinski definition) is 0. The predicted molar refractivity (Wildman–Crippen MR) is 155 cm³/mol. The number of hydrogen-bond acceptors (Lipinski definition) is 13. The summed E-state index contributed by atoms with van der Waals surface area (Å²) in [6.45, 7) is 4.07. The number of pyridine rings is 1. The maximum Gasteiger partial charge on any atom is 0.303 e. The van der Waals surface area contributed by atoms with Crippen LogP contribution >= 0.6 is 22.9 Å². The van der Waals surface area contributed by atoms with Crippen LogP contribution in [0, 0.1) is 11.3 Å². The normalized spacial score (nSPS) is 21.0. The highest BCUT2D eigenvalue weighted by Gasteiger charge is 2.53. The molecule has 0 N–H and O–H groups in total. The highest BCUT2D eigenvalue weighted by atomic mass is 35.5. The number of esters is 4. The van der Waals surface area contributed by atoms with Crippen molar-refractivity contribution in [1.82, 2.24) is 4.98 Å². The highest BCUT2D eigenvalue weighted by Crippen LogP contribution is 2.37. The van der Waals surface area contributed by atoms with Crippen molar-refractivity contribution in [2.24, 2.45) is 0 Å². The summed E-state index contributed by atoms with van der Waals surface area (Å²) >= 11 is 7.50. The molecule has 0 saturated carbocycles. The summed E-state index contributed by atoms with van der Waals surface area (Å²) in [6.07, 6.45) is -7.16. The first kappa shape index (κ1) is 32.4. The van der Waals surface area contributed by atoms with Crippen LogP contribution in [0.4, 0.5) is 0 Å². The molecule has 1 aliphatic rings. The van der Waals surface area contributed by atoms with Crippen LogP contribution < -0.4 is 4.74 Å². The zero-order valence-corrected chi connectivity index (χ0v) is 25.5. The Balaban J connectivity index is 1.86. The van der Waals surface area contributed by atoms with Crippen LogP contribution in [-0.2, 0) is 42.9 Å². The second-order valence-corrected chi connectivity index (χ2v) is 10.9. The van der Waals surface area contributed by atoms with Crippen LogP contribution in [0.1, 0.15) is 33.3 Å². The number of nitrogens with zero attached hydrogens (tertiary/aromatic N) is 2. The zero-order chi connectivity index (χ0) is 32.0. The number of rotatable bonds is 9. The molecule has 2 aromatic heterocycles. The number of ether oxygens (including phenoxy) is 6. The molecule has 1 fully saturated rings. The molecule has 1 aromatic carbocycles. The van der Waals surface area contributed by atoms with Gasteiger partial charge in [0.2, 0.25) is 18.3 Å². The monoisotopic (exact) mass is 642 g/mol. The molecule has 3 aromatic rings. The van der Waals surface area contributed by atoms with Crippen LogP contribution in [0.15, 0.2) is 47.8 Å². The summed E-state index contributed by atoms with van der Waals surface area (Å²) in [6, 6.07) is 14.3. The van der Waals surface area contributed by atoms with Gasteiger partial charge in [-0.1, -0.05) is 29.8 Å². The smallest absolute Gasteiger partial charge is 0.303 e. The van der Waals surface area contributed by atoms with E-state index in [1.54, 1.807) is 30.3 Å². The van der Waals surface area contributed by atoms with Gasteiger partial charge in [0.25, 0.3) is 0 Å². The summed E-state index contributed by atoms with van der Waals surface area (Å²) in [4.78, 5) is 53.5. The molecule has 1 saturated heterocycles. The van der Waals surface area contributed by atoms with E-state index in [0.29, 0.717) is 21.8 Å². The van der Waals surface area contributed by atoms with Gasteiger partial charge in [0, 0.05) is 38.3 Å². The second-order valence-electron chi connectivity index (χ2n) is 9.52. The van der Waals surface area contributed by atoms with Crippen molar-refractivity contribution < 1.29 is 47.6 Å². The fourth-order valence-corrected chi connectivity index (χ4v) is 5.33. The minimum absolute atomic E-state index is 0.0143. The van der Waals surface area contributed by atoms with Crippen LogP contribution in [0.2, 0.25) is 5.02 Å². The Labute approximate surface area is 261 Å². The minimum atomic E-state index is -1.58. The summed E-state index contributed by atoms with van der Waals surface area (Å²) in [5.41, 5.74) is 1.57. The van der Waals surface area contributed by atoms with E-state index in [9.17, 15) is 24.4 Å². The van der Waals surface area contributed by atoms with Crippen molar-refractivity contribution >= 4 is 46.8 Å². The van der Waals surface area contributed by atoms with Gasteiger partial charge < -0.3 is 28.4 Å². The lowest BCUT2D eigenvalue weighted by molar-refractivity contribution is -0.289. The summed E-state index contributed by atoms with van der Waals surface area (Å²) in [7, 11) is 0. The second kappa shape index (κ2) is 14.3. The number of nitriles is 1. The lowest BCUT2D eigenvalue weighted by atomic mass is 9.97. The van der Waals surface area contributed by atoms with E-state index in [1.165, 1.54) is 18.3 Å². The number of carbonyl (C=O) groups excluding carboxylic acids is 4. The van der Waals surface area contributed by atoms with Crippen molar-refractivity contribution in [3.63, 3.8) is 0 Å². The molecule has 0 aliphatic carbocycles. The highest BCUT2D eigenvalue weighted by molar-refractivity contribution is 7.13. The van der Waals surface area contributed by atoms with E-state index < -0.39 is 61.2 Å². The average Bonchev–Trinajstić information content (AvgIpc) is 3.50. The molecular formula is C30H27ClN2O10S. The Morgan fingerprint density at radius 3 is 2.14 bits per heavy atom. The molecule has 0 bridgehead atoms. The summed E-state index contributed by atoms with van der Waals surface area (Å²) in [5.74, 6) is -3.22. The Bertz CT molecular complexity index is 1570. The van der Waals surface area contributed by atoms with E-state index in [2.05, 4.69) is 11.1 Å². The van der Waals surface area contributed by atoms with E-state index in [0.717, 1.165) is 25.6 Å². The van der Waals surface area contributed by atoms with Crippen LogP contribution in [0.5, 0.6) is 5.88 Å². The number of aromatic nitrogens is 1. The molecule has 230 valence electrons. The van der Waals surface area contributed by atoms with Crippen molar-refractivity contribution in [2.45, 2.75) is 58.4 Å². The predicted octanol–water partition coefficient (Wildman–Crippen LogP) is 4.46. The average molecular weight is 643 g/mol. The van der Waals surface area contributed by atoms with Gasteiger partial charge in [0.05, 0.1) is 10.6 Å². The van der Waals surface area contributed by atoms with Crippen molar-refractivity contribution in [1.29, 1.82) is 5.26 Å². The third kappa shape index (κ3) is 7.90. The number of halogens is 1. The molecule has 4 rings (SSSR count). The molecule has 0 unspecified atom stereocenters. The maximum absolute atomic E-state index is 12.2. The minimum Gasteiger partial charge on any atom is -0.463 e. The van der Waals surface area contributed by atoms with Gasteiger partial charge in [-0.2, -0.15) is 5.26 Å². The lowest BCUT2D eigenvalue weighted by Gasteiger charge is -2.43. The molecule has 3 heterocycles. The van der Waals surface area contributed by atoms with E-state index in [1.807, 2.05) is 17.5 Å². The SMILES string of the molecule is CC(=O)OC[C@H]1O[C@@H](Oc2nc(-c3cccs3)cc(-c3ccc(Cl)cc3)c2C#N)[C@H](OC(C)=O)[C@@H](OC(C)=O)[C@H]1OC(C)=O. The Morgan fingerprint density at radius 1 is 0.932 bits per heavy atom. The van der Waals surface area contributed by atoms with E-state index in [-0.39, 0.29) is 11.4 Å². The van der Waals surface area contributed by atoms with Gasteiger partial charge in [-0.25, -0.2) is 4.98 Å². The zero-order valence-electron chi connectivity index (χ0n) is 24.0. The van der Waals surface area contributed by atoms with Gasteiger partial charge in [-0.15, -0.1) is 11.3 Å². The third-order valence-electron chi connectivity index (χ3n) is 6.20. The fraction of sp³-hybridized carbons (Fsp3) is 0.333. The van der Waals surface area contributed by atoms with Crippen LogP contribution in [0.3, 0.4) is 0 Å².